The first-order valence-electron chi connectivity index (χ1n) is 8.41. The normalized spacial score (nSPS) is 18.3. The van der Waals surface area contributed by atoms with Crippen LogP contribution in [0.3, 0.4) is 0 Å². The minimum Gasteiger partial charge on any atom is -0.356 e. The lowest BCUT2D eigenvalue weighted by atomic mass is 9.97. The third-order valence-corrected chi connectivity index (χ3v) is 5.17. The maximum Gasteiger partial charge on any atom is 0.129 e. The van der Waals surface area contributed by atoms with E-state index in [1.54, 1.807) is 0 Å². The Labute approximate surface area is 147 Å². The molecular weight excluding hydrogens is 320 g/mol. The number of aromatic nitrogens is 3. The number of nitrogens with zero attached hydrogens (tertiary/aromatic N) is 4. The largest absolute Gasteiger partial charge is 0.356 e. The number of rotatable bonds is 2. The van der Waals surface area contributed by atoms with Crippen LogP contribution in [-0.4, -0.2) is 27.6 Å². The summed E-state index contributed by atoms with van der Waals surface area (Å²) in [5, 5.41) is 1.90. The van der Waals surface area contributed by atoms with E-state index in [1.165, 1.54) is 23.2 Å². The number of fused-ring (bicyclic) bond motifs is 1. The Balaban J connectivity index is 1.68. The summed E-state index contributed by atoms with van der Waals surface area (Å²) in [6.07, 6.45) is 6.25. The highest BCUT2D eigenvalue weighted by Gasteiger charge is 2.25. The molecule has 4 rings (SSSR count). The van der Waals surface area contributed by atoms with Crippen LogP contribution in [-0.2, 0) is 7.05 Å². The Morgan fingerprint density at radius 2 is 2.12 bits per heavy atom. The zero-order valence-electron chi connectivity index (χ0n) is 14.0. The summed E-state index contributed by atoms with van der Waals surface area (Å²) in [5.41, 5.74) is 2.21. The van der Waals surface area contributed by atoms with Crippen LogP contribution in [0.2, 0.25) is 5.02 Å². The summed E-state index contributed by atoms with van der Waals surface area (Å²) in [5.74, 6) is 2.66. The molecule has 1 saturated heterocycles. The van der Waals surface area contributed by atoms with E-state index in [4.69, 9.17) is 16.6 Å². The molecule has 1 atom stereocenters. The van der Waals surface area contributed by atoms with Gasteiger partial charge in [0.2, 0.25) is 0 Å². The molecule has 0 spiro atoms. The predicted octanol–water partition coefficient (Wildman–Crippen LogP) is 4.31. The molecule has 4 nitrogen and oxygen atoms in total. The van der Waals surface area contributed by atoms with E-state index < -0.39 is 0 Å². The SMILES string of the molecule is Cc1cc(N2CCCC(c3nccn3C)C2)nc2cc(Cl)ccc12. The third kappa shape index (κ3) is 2.75. The molecule has 0 amide bonds. The second-order valence-corrected chi connectivity index (χ2v) is 7.08. The number of benzene rings is 1. The molecule has 0 N–H and O–H groups in total. The second-order valence-electron chi connectivity index (χ2n) is 6.64. The van der Waals surface area contributed by atoms with Crippen LogP contribution in [0.15, 0.2) is 36.7 Å². The van der Waals surface area contributed by atoms with Gasteiger partial charge in [-0.3, -0.25) is 0 Å². The Morgan fingerprint density at radius 1 is 1.25 bits per heavy atom. The number of imidazole rings is 1. The molecule has 1 fully saturated rings. The molecule has 1 aliphatic rings. The van der Waals surface area contributed by atoms with Crippen LogP contribution in [0.25, 0.3) is 10.9 Å². The maximum atomic E-state index is 6.15. The van der Waals surface area contributed by atoms with E-state index in [0.29, 0.717) is 5.92 Å². The van der Waals surface area contributed by atoms with Crippen molar-refractivity contribution in [1.82, 2.24) is 14.5 Å². The van der Waals surface area contributed by atoms with Gasteiger partial charge >= 0.3 is 0 Å². The fourth-order valence-electron chi connectivity index (χ4n) is 3.69. The molecule has 1 aromatic carbocycles. The van der Waals surface area contributed by atoms with Crippen molar-refractivity contribution >= 4 is 28.3 Å². The molecular formula is C19H21ClN4. The standard InChI is InChI=1S/C19H21ClN4/c1-13-10-18(22-17-11-15(20)5-6-16(13)17)24-8-3-4-14(12-24)19-21-7-9-23(19)2/h5-7,9-11,14H,3-4,8,12H2,1-2H3. The third-order valence-electron chi connectivity index (χ3n) is 4.93. The van der Waals surface area contributed by atoms with Crippen molar-refractivity contribution in [3.05, 3.63) is 53.1 Å². The molecule has 0 saturated carbocycles. The van der Waals surface area contributed by atoms with Crippen molar-refractivity contribution in [3.8, 4) is 0 Å². The Bertz CT molecular complexity index is 886. The highest BCUT2D eigenvalue weighted by Crippen LogP contribution is 2.30. The van der Waals surface area contributed by atoms with Crippen molar-refractivity contribution in [2.24, 2.45) is 7.05 Å². The van der Waals surface area contributed by atoms with Gasteiger partial charge in [-0.15, -0.1) is 0 Å². The van der Waals surface area contributed by atoms with Gasteiger partial charge in [-0.1, -0.05) is 17.7 Å². The summed E-state index contributed by atoms with van der Waals surface area (Å²) < 4.78 is 2.13. The monoisotopic (exact) mass is 340 g/mol. The number of halogens is 1. The summed E-state index contributed by atoms with van der Waals surface area (Å²) >= 11 is 6.15. The Morgan fingerprint density at radius 3 is 2.92 bits per heavy atom. The molecule has 1 unspecified atom stereocenters. The zero-order chi connectivity index (χ0) is 16.7. The van der Waals surface area contributed by atoms with Crippen LogP contribution in [0.5, 0.6) is 0 Å². The van der Waals surface area contributed by atoms with Gasteiger partial charge in [0.15, 0.2) is 0 Å². The molecule has 3 heterocycles. The quantitative estimate of drug-likeness (QED) is 0.697. The van der Waals surface area contributed by atoms with Crippen LogP contribution in [0, 0.1) is 6.92 Å². The van der Waals surface area contributed by atoms with E-state index in [2.05, 4.69) is 40.6 Å². The Kier molecular flexibility index (Phi) is 3.93. The first kappa shape index (κ1) is 15.5. The molecule has 0 bridgehead atoms. The number of aryl methyl sites for hydroxylation is 2. The van der Waals surface area contributed by atoms with E-state index in [1.807, 2.05) is 24.5 Å². The number of hydrogen-bond acceptors (Lipinski definition) is 3. The molecule has 24 heavy (non-hydrogen) atoms. The minimum absolute atomic E-state index is 0.455. The summed E-state index contributed by atoms with van der Waals surface area (Å²) in [4.78, 5) is 11.8. The highest BCUT2D eigenvalue weighted by atomic mass is 35.5. The molecule has 5 heteroatoms. The number of hydrogen-bond donors (Lipinski definition) is 0. The number of pyridine rings is 1. The van der Waals surface area contributed by atoms with Gasteiger partial charge in [-0.25, -0.2) is 9.97 Å². The predicted molar refractivity (Wildman–Crippen MR) is 98.9 cm³/mol. The number of anilines is 1. The van der Waals surface area contributed by atoms with Gasteiger partial charge in [-0.05, 0) is 43.5 Å². The first-order valence-corrected chi connectivity index (χ1v) is 8.78. The lowest BCUT2D eigenvalue weighted by molar-refractivity contribution is 0.479. The molecule has 0 radical (unpaired) electrons. The molecule has 0 aliphatic carbocycles. The van der Waals surface area contributed by atoms with E-state index in [0.717, 1.165) is 35.9 Å². The smallest absolute Gasteiger partial charge is 0.129 e. The summed E-state index contributed by atoms with van der Waals surface area (Å²) in [6, 6.07) is 8.12. The molecule has 3 aromatic rings. The van der Waals surface area contributed by atoms with Gasteiger partial charge in [0.1, 0.15) is 11.6 Å². The van der Waals surface area contributed by atoms with Crippen LogP contribution >= 0.6 is 11.6 Å². The first-order chi connectivity index (χ1) is 11.6. The minimum atomic E-state index is 0.455. The maximum absolute atomic E-state index is 6.15. The second kappa shape index (κ2) is 6.10. The highest BCUT2D eigenvalue weighted by molar-refractivity contribution is 6.31. The van der Waals surface area contributed by atoms with Gasteiger partial charge in [0.05, 0.1) is 5.52 Å². The van der Waals surface area contributed by atoms with Crippen LogP contribution in [0.1, 0.15) is 30.1 Å². The Hall–Kier alpha value is -2.07. The van der Waals surface area contributed by atoms with Crippen LogP contribution < -0.4 is 4.90 Å². The topological polar surface area (TPSA) is 34.0 Å². The van der Waals surface area contributed by atoms with Crippen molar-refractivity contribution in [2.75, 3.05) is 18.0 Å². The van der Waals surface area contributed by atoms with Gasteiger partial charge in [0.25, 0.3) is 0 Å². The average molecular weight is 341 g/mol. The van der Waals surface area contributed by atoms with Gasteiger partial charge in [0, 0.05) is 48.9 Å². The molecule has 1 aliphatic heterocycles. The lowest BCUT2D eigenvalue weighted by Gasteiger charge is -2.33. The fourth-order valence-corrected chi connectivity index (χ4v) is 3.85. The lowest BCUT2D eigenvalue weighted by Crippen LogP contribution is -2.35. The zero-order valence-corrected chi connectivity index (χ0v) is 14.8. The summed E-state index contributed by atoms with van der Waals surface area (Å²) in [7, 11) is 2.07. The van der Waals surface area contributed by atoms with Crippen LogP contribution in [0.4, 0.5) is 5.82 Å². The number of piperidine rings is 1. The van der Waals surface area contributed by atoms with Crippen molar-refractivity contribution in [1.29, 1.82) is 0 Å². The molecule has 124 valence electrons. The fraction of sp³-hybridized carbons (Fsp3) is 0.368. The van der Waals surface area contributed by atoms with E-state index in [9.17, 15) is 0 Å². The van der Waals surface area contributed by atoms with Crippen molar-refractivity contribution < 1.29 is 0 Å². The van der Waals surface area contributed by atoms with E-state index in [-0.39, 0.29) is 0 Å². The molecule has 2 aromatic heterocycles. The van der Waals surface area contributed by atoms with Gasteiger partial charge < -0.3 is 9.47 Å². The average Bonchev–Trinajstić information content (AvgIpc) is 3.00. The summed E-state index contributed by atoms with van der Waals surface area (Å²) in [6.45, 7) is 4.14. The van der Waals surface area contributed by atoms with Crippen molar-refractivity contribution in [3.63, 3.8) is 0 Å². The van der Waals surface area contributed by atoms with Gasteiger partial charge in [-0.2, -0.15) is 0 Å². The van der Waals surface area contributed by atoms with Crippen molar-refractivity contribution in [2.45, 2.75) is 25.7 Å². The van der Waals surface area contributed by atoms with E-state index >= 15 is 0 Å².